The fourth-order valence-corrected chi connectivity index (χ4v) is 3.19. The smallest absolute Gasteiger partial charge is 0.0465 e. The molecule has 0 aliphatic heterocycles. The summed E-state index contributed by atoms with van der Waals surface area (Å²) in [7, 11) is 0. The molecule has 0 unspecified atom stereocenters. The van der Waals surface area contributed by atoms with Gasteiger partial charge in [0, 0.05) is 16.6 Å². The second kappa shape index (κ2) is 4.99. The van der Waals surface area contributed by atoms with Gasteiger partial charge in [0.25, 0.3) is 0 Å². The van der Waals surface area contributed by atoms with Gasteiger partial charge in [-0.25, -0.2) is 0 Å². The van der Waals surface area contributed by atoms with E-state index in [4.69, 9.17) is 0 Å². The van der Waals surface area contributed by atoms with E-state index in [2.05, 4.69) is 92.5 Å². The Balaban J connectivity index is 1.84. The van der Waals surface area contributed by atoms with E-state index in [0.717, 1.165) is 0 Å². The Morgan fingerprint density at radius 2 is 1.48 bits per heavy atom. The van der Waals surface area contributed by atoms with E-state index in [-0.39, 0.29) is 5.41 Å². The van der Waals surface area contributed by atoms with Gasteiger partial charge in [-0.2, -0.15) is 0 Å². The van der Waals surface area contributed by atoms with E-state index < -0.39 is 0 Å². The number of aromatic amines is 1. The third-order valence-corrected chi connectivity index (χ3v) is 4.59. The molecule has 3 aromatic carbocycles. The molecule has 0 atom stereocenters. The third kappa shape index (κ3) is 2.43. The summed E-state index contributed by atoms with van der Waals surface area (Å²) in [5.41, 5.74) is 5.16. The normalized spacial score (nSPS) is 12.1. The van der Waals surface area contributed by atoms with Crippen molar-refractivity contribution in [3.8, 4) is 11.3 Å². The van der Waals surface area contributed by atoms with E-state index in [1.165, 1.54) is 38.5 Å². The Labute approximate surface area is 137 Å². The summed E-state index contributed by atoms with van der Waals surface area (Å²) in [5.74, 6) is 0. The van der Waals surface area contributed by atoms with E-state index >= 15 is 0 Å². The van der Waals surface area contributed by atoms with Crippen LogP contribution in [-0.4, -0.2) is 4.98 Å². The number of H-pyrrole nitrogens is 1. The molecule has 1 heteroatoms. The molecule has 0 fully saturated rings. The zero-order valence-electron chi connectivity index (χ0n) is 13.9. The summed E-state index contributed by atoms with van der Waals surface area (Å²) < 4.78 is 0. The monoisotopic (exact) mass is 299 g/mol. The molecule has 1 N–H and O–H groups in total. The van der Waals surface area contributed by atoms with Gasteiger partial charge >= 0.3 is 0 Å². The standard InChI is InChI=1S/C22H21N/c1-22(2,3)17-11-8-16(9-12-17)21-14-19-18-7-5-4-6-15(18)10-13-20(19)23-21/h4-14,23H,1-3H3. The van der Waals surface area contributed by atoms with Crippen LogP contribution < -0.4 is 0 Å². The predicted molar refractivity (Wildman–Crippen MR) is 99.9 cm³/mol. The summed E-state index contributed by atoms with van der Waals surface area (Å²) in [6, 6.07) is 24.1. The molecule has 1 nitrogen and oxygen atoms in total. The van der Waals surface area contributed by atoms with Crippen molar-refractivity contribution in [3.63, 3.8) is 0 Å². The lowest BCUT2D eigenvalue weighted by molar-refractivity contribution is 0.590. The van der Waals surface area contributed by atoms with Crippen LogP contribution in [0.5, 0.6) is 0 Å². The molecule has 0 radical (unpaired) electrons. The molecule has 0 spiro atoms. The average molecular weight is 299 g/mol. The highest BCUT2D eigenvalue weighted by Gasteiger charge is 2.13. The number of nitrogens with one attached hydrogen (secondary N) is 1. The van der Waals surface area contributed by atoms with Crippen LogP contribution in [0.15, 0.2) is 66.7 Å². The van der Waals surface area contributed by atoms with E-state index in [9.17, 15) is 0 Å². The van der Waals surface area contributed by atoms with Crippen molar-refractivity contribution >= 4 is 21.7 Å². The zero-order chi connectivity index (χ0) is 16.0. The van der Waals surface area contributed by atoms with E-state index in [1.54, 1.807) is 0 Å². The van der Waals surface area contributed by atoms with Crippen LogP contribution in [0.25, 0.3) is 32.9 Å². The Hall–Kier alpha value is -2.54. The summed E-state index contributed by atoms with van der Waals surface area (Å²) in [6.07, 6.45) is 0. The minimum absolute atomic E-state index is 0.190. The summed E-state index contributed by atoms with van der Waals surface area (Å²) in [5, 5.41) is 3.88. The van der Waals surface area contributed by atoms with Gasteiger partial charge in [-0.05, 0) is 39.4 Å². The first-order valence-electron chi connectivity index (χ1n) is 8.14. The minimum Gasteiger partial charge on any atom is -0.355 e. The van der Waals surface area contributed by atoms with Crippen molar-refractivity contribution in [3.05, 3.63) is 72.3 Å². The lowest BCUT2D eigenvalue weighted by Crippen LogP contribution is -2.10. The predicted octanol–water partition coefficient (Wildman–Crippen LogP) is 6.29. The number of rotatable bonds is 1. The summed E-state index contributed by atoms with van der Waals surface area (Å²) in [4.78, 5) is 3.56. The molecule has 114 valence electrons. The molecule has 1 heterocycles. The van der Waals surface area contributed by atoms with Crippen LogP contribution in [0.4, 0.5) is 0 Å². The average Bonchev–Trinajstić information content (AvgIpc) is 2.99. The van der Waals surface area contributed by atoms with Gasteiger partial charge in [-0.1, -0.05) is 75.4 Å². The molecule has 0 aliphatic carbocycles. The van der Waals surface area contributed by atoms with Gasteiger partial charge in [-0.15, -0.1) is 0 Å². The maximum absolute atomic E-state index is 3.56. The van der Waals surface area contributed by atoms with Gasteiger partial charge in [0.2, 0.25) is 0 Å². The fourth-order valence-electron chi connectivity index (χ4n) is 3.19. The molecular formula is C22H21N. The number of aromatic nitrogens is 1. The van der Waals surface area contributed by atoms with Gasteiger partial charge in [0.05, 0.1) is 0 Å². The highest BCUT2D eigenvalue weighted by atomic mass is 14.7. The van der Waals surface area contributed by atoms with E-state index in [1.807, 2.05) is 0 Å². The van der Waals surface area contributed by atoms with Crippen molar-refractivity contribution in [1.29, 1.82) is 0 Å². The van der Waals surface area contributed by atoms with Crippen molar-refractivity contribution in [2.75, 3.05) is 0 Å². The maximum atomic E-state index is 3.56. The second-order valence-electron chi connectivity index (χ2n) is 7.26. The maximum Gasteiger partial charge on any atom is 0.0465 e. The first-order valence-corrected chi connectivity index (χ1v) is 8.14. The SMILES string of the molecule is CC(C)(C)c1ccc(-c2cc3c(ccc4ccccc43)[nH]2)cc1. The van der Waals surface area contributed by atoms with Crippen molar-refractivity contribution in [1.82, 2.24) is 4.98 Å². The van der Waals surface area contributed by atoms with Crippen molar-refractivity contribution in [2.24, 2.45) is 0 Å². The molecule has 0 bridgehead atoms. The number of fused-ring (bicyclic) bond motifs is 3. The van der Waals surface area contributed by atoms with Gasteiger partial charge in [0.1, 0.15) is 0 Å². The fraction of sp³-hybridized carbons (Fsp3) is 0.182. The lowest BCUT2D eigenvalue weighted by Gasteiger charge is -2.19. The molecule has 4 rings (SSSR count). The van der Waals surface area contributed by atoms with Crippen LogP contribution in [0, 0.1) is 0 Å². The molecular weight excluding hydrogens is 278 g/mol. The van der Waals surface area contributed by atoms with E-state index in [0.29, 0.717) is 0 Å². The van der Waals surface area contributed by atoms with Crippen LogP contribution in [0.1, 0.15) is 26.3 Å². The Bertz CT molecular complexity index is 982. The molecule has 0 saturated carbocycles. The largest absolute Gasteiger partial charge is 0.355 e. The van der Waals surface area contributed by atoms with Crippen molar-refractivity contribution < 1.29 is 0 Å². The van der Waals surface area contributed by atoms with Crippen LogP contribution >= 0.6 is 0 Å². The lowest BCUT2D eigenvalue weighted by atomic mass is 9.86. The minimum atomic E-state index is 0.190. The molecule has 23 heavy (non-hydrogen) atoms. The molecule has 0 aliphatic rings. The molecule has 4 aromatic rings. The highest BCUT2D eigenvalue weighted by Crippen LogP contribution is 2.31. The highest BCUT2D eigenvalue weighted by molar-refractivity contribution is 6.08. The zero-order valence-corrected chi connectivity index (χ0v) is 13.9. The summed E-state index contributed by atoms with van der Waals surface area (Å²) in [6.45, 7) is 6.74. The first kappa shape index (κ1) is 14.1. The molecule has 0 saturated heterocycles. The molecule has 0 amide bonds. The van der Waals surface area contributed by atoms with Crippen LogP contribution in [-0.2, 0) is 5.41 Å². The van der Waals surface area contributed by atoms with Crippen molar-refractivity contribution in [2.45, 2.75) is 26.2 Å². The number of hydrogen-bond acceptors (Lipinski definition) is 0. The Kier molecular flexibility index (Phi) is 3.05. The Morgan fingerprint density at radius 1 is 0.739 bits per heavy atom. The van der Waals surface area contributed by atoms with Gasteiger partial charge in [0.15, 0.2) is 0 Å². The summed E-state index contributed by atoms with van der Waals surface area (Å²) >= 11 is 0. The quantitative estimate of drug-likeness (QED) is 0.425. The van der Waals surface area contributed by atoms with Gasteiger partial charge in [-0.3, -0.25) is 0 Å². The van der Waals surface area contributed by atoms with Crippen LogP contribution in [0.2, 0.25) is 0 Å². The second-order valence-corrected chi connectivity index (χ2v) is 7.26. The first-order chi connectivity index (χ1) is 11.0. The molecule has 1 aromatic heterocycles. The number of benzene rings is 3. The van der Waals surface area contributed by atoms with Gasteiger partial charge < -0.3 is 4.98 Å². The Morgan fingerprint density at radius 3 is 2.22 bits per heavy atom. The topological polar surface area (TPSA) is 15.8 Å². The van der Waals surface area contributed by atoms with Crippen LogP contribution in [0.3, 0.4) is 0 Å². The number of hydrogen-bond donors (Lipinski definition) is 1. The third-order valence-electron chi connectivity index (χ3n) is 4.59.